The number of ether oxygens (including phenoxy) is 1. The highest BCUT2D eigenvalue weighted by Crippen LogP contribution is 2.52. The molecule has 3 aliphatic carbocycles. The predicted molar refractivity (Wildman–Crippen MR) is 204 cm³/mol. The van der Waals surface area contributed by atoms with Crippen molar-refractivity contribution < 1.29 is 4.74 Å². The molecule has 0 radical (unpaired) electrons. The van der Waals surface area contributed by atoms with Gasteiger partial charge in [0.1, 0.15) is 0 Å². The van der Waals surface area contributed by atoms with Crippen molar-refractivity contribution in [2.75, 3.05) is 13.2 Å². The third kappa shape index (κ3) is 10.7. The monoisotopic (exact) mass is 633 g/mol. The van der Waals surface area contributed by atoms with Crippen LogP contribution in [0.25, 0.3) is 0 Å². The smallest absolute Gasteiger partial charge is 0.0471 e. The highest BCUT2D eigenvalue weighted by molar-refractivity contribution is 4.93. The van der Waals surface area contributed by atoms with E-state index in [2.05, 4.69) is 111 Å². The van der Waals surface area contributed by atoms with Gasteiger partial charge in [0.2, 0.25) is 0 Å². The van der Waals surface area contributed by atoms with Gasteiger partial charge in [0, 0.05) is 13.2 Å². The second kappa shape index (κ2) is 19.2. The molecule has 0 amide bonds. The van der Waals surface area contributed by atoms with Gasteiger partial charge in [0.15, 0.2) is 0 Å². The molecule has 4 aliphatic rings. The van der Waals surface area contributed by atoms with Crippen LogP contribution in [0.5, 0.6) is 0 Å². The maximum Gasteiger partial charge on any atom is 0.0471 e. The summed E-state index contributed by atoms with van der Waals surface area (Å²) in [5.74, 6) is 6.87. The van der Waals surface area contributed by atoms with E-state index in [4.69, 9.17) is 4.74 Å². The van der Waals surface area contributed by atoms with Gasteiger partial charge < -0.3 is 4.74 Å². The Labute approximate surface area is 287 Å². The summed E-state index contributed by atoms with van der Waals surface area (Å²) in [4.78, 5) is 0. The van der Waals surface area contributed by atoms with Gasteiger partial charge in [-0.1, -0.05) is 149 Å². The van der Waals surface area contributed by atoms with Gasteiger partial charge in [-0.05, 0) is 120 Å². The molecule has 0 unspecified atom stereocenters. The van der Waals surface area contributed by atoms with Crippen molar-refractivity contribution in [3.63, 3.8) is 0 Å². The molecule has 0 atom stereocenters. The molecular formula is C44H88O. The number of hydrogen-bond acceptors (Lipinski definition) is 1. The minimum atomic E-state index is 0.554. The summed E-state index contributed by atoms with van der Waals surface area (Å²) >= 11 is 0. The Kier molecular flexibility index (Phi) is 18.4. The molecule has 1 aliphatic heterocycles. The molecule has 0 aromatic heterocycles. The fraction of sp³-hybridized carbons (Fsp3) is 1.00. The number of hydrogen-bond donors (Lipinski definition) is 0. The highest BCUT2D eigenvalue weighted by atomic mass is 16.5. The Hall–Kier alpha value is -0.0400. The van der Waals surface area contributed by atoms with Crippen LogP contribution in [0.15, 0.2) is 0 Å². The summed E-state index contributed by atoms with van der Waals surface area (Å²) in [5, 5.41) is 0. The lowest BCUT2D eigenvalue weighted by molar-refractivity contribution is -0.0381. The number of rotatable bonds is 8. The molecular weight excluding hydrogens is 544 g/mol. The van der Waals surface area contributed by atoms with E-state index in [1.54, 1.807) is 0 Å². The first kappa shape index (κ1) is 43.0. The standard InChI is InChI=1S/C12H24.C11H22O.C11H22.C10H20/c1-10(2)12(11(3)4)8-6-5-7-9-12;1-9(2)11(10(3)4)5-7-12-8-6-11;1-9(2)11(10(3)4)7-5-6-8-11;1-8(2)10(9(3)4)6-5-7-10/h10-11H,5-9H2,1-4H3;9-10H,5-8H2,1-4H3;9-10H,5-8H2,1-4H3;8-9H,5-7H2,1-4H3. The maximum absolute atomic E-state index is 5.43. The quantitative estimate of drug-likeness (QED) is 0.259. The van der Waals surface area contributed by atoms with Crippen molar-refractivity contribution in [2.45, 2.75) is 201 Å². The van der Waals surface area contributed by atoms with E-state index >= 15 is 0 Å². The van der Waals surface area contributed by atoms with Gasteiger partial charge in [0.05, 0.1) is 0 Å². The highest BCUT2D eigenvalue weighted by Gasteiger charge is 2.42. The van der Waals surface area contributed by atoms with E-state index in [1.165, 1.54) is 89.9 Å². The van der Waals surface area contributed by atoms with E-state index in [1.807, 2.05) is 0 Å². The van der Waals surface area contributed by atoms with Crippen LogP contribution < -0.4 is 0 Å². The van der Waals surface area contributed by atoms with Crippen molar-refractivity contribution in [2.24, 2.45) is 69.0 Å². The van der Waals surface area contributed by atoms with E-state index in [-0.39, 0.29) is 0 Å². The molecule has 0 spiro atoms. The second-order valence-electron chi connectivity index (χ2n) is 18.9. The van der Waals surface area contributed by atoms with Crippen LogP contribution in [0, 0.1) is 69.0 Å². The van der Waals surface area contributed by atoms with Crippen LogP contribution in [0.4, 0.5) is 0 Å². The maximum atomic E-state index is 5.43. The largest absolute Gasteiger partial charge is 0.381 e. The SMILES string of the molecule is CC(C)C1(C(C)C)CCC1.CC(C)C1(C(C)C)CCCC1.CC(C)C1(C(C)C)CCCCC1.CC(C)C1(C(C)C)CCOCC1. The van der Waals surface area contributed by atoms with Gasteiger partial charge >= 0.3 is 0 Å². The molecule has 0 bridgehead atoms. The van der Waals surface area contributed by atoms with Gasteiger partial charge in [-0.15, -0.1) is 0 Å². The van der Waals surface area contributed by atoms with Crippen molar-refractivity contribution in [1.82, 2.24) is 0 Å². The molecule has 1 saturated heterocycles. The van der Waals surface area contributed by atoms with Crippen LogP contribution in [0.2, 0.25) is 0 Å². The molecule has 270 valence electrons. The topological polar surface area (TPSA) is 9.23 Å². The Morgan fingerprint density at radius 3 is 0.622 bits per heavy atom. The minimum absolute atomic E-state index is 0.554. The molecule has 1 heteroatoms. The minimum Gasteiger partial charge on any atom is -0.381 e. The zero-order chi connectivity index (χ0) is 34.6. The molecule has 1 nitrogen and oxygen atoms in total. The zero-order valence-electron chi connectivity index (χ0n) is 34.3. The summed E-state index contributed by atoms with van der Waals surface area (Å²) in [5.41, 5.74) is 2.65. The Morgan fingerprint density at radius 1 is 0.267 bits per heavy atom. The van der Waals surface area contributed by atoms with Crippen molar-refractivity contribution in [3.05, 3.63) is 0 Å². The average Bonchev–Trinajstić information content (AvgIpc) is 3.46. The summed E-state index contributed by atoms with van der Waals surface area (Å²) in [6, 6.07) is 0. The summed E-state index contributed by atoms with van der Waals surface area (Å²) in [6.07, 6.45) is 20.2. The van der Waals surface area contributed by atoms with Gasteiger partial charge in [-0.2, -0.15) is 0 Å². The first-order chi connectivity index (χ1) is 20.9. The van der Waals surface area contributed by atoms with E-state index in [0.717, 1.165) is 66.0 Å². The molecule has 0 aromatic rings. The molecule has 0 N–H and O–H groups in total. The Balaban J connectivity index is 0.000000301. The van der Waals surface area contributed by atoms with E-state index in [0.29, 0.717) is 16.2 Å². The zero-order valence-corrected chi connectivity index (χ0v) is 34.3. The van der Waals surface area contributed by atoms with Crippen molar-refractivity contribution in [1.29, 1.82) is 0 Å². The van der Waals surface area contributed by atoms with Gasteiger partial charge in [-0.25, -0.2) is 0 Å². The van der Waals surface area contributed by atoms with Crippen LogP contribution in [0.3, 0.4) is 0 Å². The van der Waals surface area contributed by atoms with Crippen LogP contribution in [-0.4, -0.2) is 13.2 Å². The Bertz CT molecular complexity index is 670. The van der Waals surface area contributed by atoms with Crippen molar-refractivity contribution >= 4 is 0 Å². The van der Waals surface area contributed by atoms with E-state index in [9.17, 15) is 0 Å². The van der Waals surface area contributed by atoms with Crippen LogP contribution >= 0.6 is 0 Å². The van der Waals surface area contributed by atoms with Gasteiger partial charge in [0.25, 0.3) is 0 Å². The molecule has 4 fully saturated rings. The van der Waals surface area contributed by atoms with Crippen molar-refractivity contribution in [3.8, 4) is 0 Å². The molecule has 0 aromatic carbocycles. The lowest BCUT2D eigenvalue weighted by Gasteiger charge is -2.49. The fourth-order valence-electron chi connectivity index (χ4n) is 10.9. The van der Waals surface area contributed by atoms with Gasteiger partial charge in [-0.3, -0.25) is 0 Å². The molecule has 45 heavy (non-hydrogen) atoms. The molecule has 4 rings (SSSR count). The third-order valence-corrected chi connectivity index (χ3v) is 15.2. The van der Waals surface area contributed by atoms with Crippen LogP contribution in [-0.2, 0) is 4.74 Å². The fourth-order valence-corrected chi connectivity index (χ4v) is 10.9. The lowest BCUT2D eigenvalue weighted by atomic mass is 9.56. The van der Waals surface area contributed by atoms with Crippen LogP contribution in [0.1, 0.15) is 201 Å². The summed E-state index contributed by atoms with van der Waals surface area (Å²) < 4.78 is 5.43. The Morgan fingerprint density at radius 2 is 0.467 bits per heavy atom. The second-order valence-corrected chi connectivity index (χ2v) is 18.9. The molecule has 1 heterocycles. The normalized spacial score (nSPS) is 23.5. The predicted octanol–water partition coefficient (Wildman–Crippen LogP) is 14.7. The van der Waals surface area contributed by atoms with E-state index < -0.39 is 0 Å². The third-order valence-electron chi connectivity index (χ3n) is 15.2. The first-order valence-corrected chi connectivity index (χ1v) is 20.5. The lowest BCUT2D eigenvalue weighted by Crippen LogP contribution is -2.39. The summed E-state index contributed by atoms with van der Waals surface area (Å²) in [6.45, 7) is 40.1. The molecule has 3 saturated carbocycles. The summed E-state index contributed by atoms with van der Waals surface area (Å²) in [7, 11) is 0. The first-order valence-electron chi connectivity index (χ1n) is 20.5. The average molecular weight is 633 g/mol.